The number of carbonyl (C=O) groups excluding carboxylic acids is 1. The zero-order chi connectivity index (χ0) is 9.97. The van der Waals surface area contributed by atoms with Gasteiger partial charge in [-0.05, 0) is 11.4 Å². The van der Waals surface area contributed by atoms with Gasteiger partial charge in [-0.25, -0.2) is 0 Å². The van der Waals surface area contributed by atoms with E-state index < -0.39 is 0 Å². The van der Waals surface area contributed by atoms with Crippen molar-refractivity contribution in [2.75, 3.05) is 0 Å². The summed E-state index contributed by atoms with van der Waals surface area (Å²) in [6, 6.07) is 3.93. The van der Waals surface area contributed by atoms with Crippen LogP contribution in [0.2, 0.25) is 0 Å². The van der Waals surface area contributed by atoms with Crippen LogP contribution in [-0.2, 0) is 13.5 Å². The van der Waals surface area contributed by atoms with E-state index in [1.807, 2.05) is 24.6 Å². The van der Waals surface area contributed by atoms with E-state index in [4.69, 9.17) is 0 Å². The van der Waals surface area contributed by atoms with E-state index in [0.29, 0.717) is 12.0 Å². The van der Waals surface area contributed by atoms with Gasteiger partial charge >= 0.3 is 0 Å². The van der Waals surface area contributed by atoms with Crippen LogP contribution >= 0.6 is 11.3 Å². The highest BCUT2D eigenvalue weighted by atomic mass is 32.1. The Morgan fingerprint density at radius 1 is 1.64 bits per heavy atom. The molecule has 2 heterocycles. The number of aromatic nitrogens is 2. The molecule has 72 valence electrons. The Balaban J connectivity index is 2.10. The minimum absolute atomic E-state index is 0.126. The summed E-state index contributed by atoms with van der Waals surface area (Å²) in [5.74, 6) is 0.126. The molecule has 0 saturated heterocycles. The second kappa shape index (κ2) is 3.75. The average Bonchev–Trinajstić information content (AvgIpc) is 2.75. The Morgan fingerprint density at radius 3 is 3.07 bits per heavy atom. The van der Waals surface area contributed by atoms with E-state index in [0.717, 1.165) is 4.88 Å². The van der Waals surface area contributed by atoms with Crippen molar-refractivity contribution in [2.45, 2.75) is 6.42 Å². The molecule has 2 aromatic heterocycles. The summed E-state index contributed by atoms with van der Waals surface area (Å²) in [5.41, 5.74) is 0.681. The van der Waals surface area contributed by atoms with Crippen molar-refractivity contribution in [3.8, 4) is 0 Å². The molecule has 0 spiro atoms. The Hall–Kier alpha value is -1.42. The molecule has 0 atom stereocenters. The summed E-state index contributed by atoms with van der Waals surface area (Å²) in [5, 5.41) is 5.94. The first kappa shape index (κ1) is 9.15. The van der Waals surface area contributed by atoms with E-state index in [-0.39, 0.29) is 5.78 Å². The molecular weight excluding hydrogens is 196 g/mol. The van der Waals surface area contributed by atoms with Gasteiger partial charge < -0.3 is 0 Å². The quantitative estimate of drug-likeness (QED) is 0.719. The molecule has 0 N–H and O–H groups in total. The van der Waals surface area contributed by atoms with Crippen LogP contribution in [0.1, 0.15) is 15.2 Å². The normalized spacial score (nSPS) is 10.4. The van der Waals surface area contributed by atoms with Crippen molar-refractivity contribution in [3.05, 3.63) is 40.3 Å². The van der Waals surface area contributed by atoms with Crippen LogP contribution in [0, 0.1) is 0 Å². The second-order valence-corrected chi connectivity index (χ2v) is 4.11. The van der Waals surface area contributed by atoms with Gasteiger partial charge in [0.25, 0.3) is 0 Å². The molecule has 0 radical (unpaired) electrons. The number of carbonyl (C=O) groups is 1. The summed E-state index contributed by atoms with van der Waals surface area (Å²) in [6.07, 6.45) is 3.83. The highest BCUT2D eigenvalue weighted by molar-refractivity contribution is 7.10. The molecule has 3 nitrogen and oxygen atoms in total. The predicted octanol–water partition coefficient (Wildman–Crippen LogP) is 1.91. The summed E-state index contributed by atoms with van der Waals surface area (Å²) in [6.45, 7) is 0. The van der Waals surface area contributed by atoms with Crippen molar-refractivity contribution >= 4 is 17.1 Å². The monoisotopic (exact) mass is 206 g/mol. The molecule has 0 fully saturated rings. The van der Waals surface area contributed by atoms with Crippen molar-refractivity contribution in [3.63, 3.8) is 0 Å². The fourth-order valence-corrected chi connectivity index (χ4v) is 1.94. The minimum atomic E-state index is 0.126. The third-order valence-electron chi connectivity index (χ3n) is 1.94. The Bertz CT molecular complexity index is 431. The highest BCUT2D eigenvalue weighted by Gasteiger charge is 2.08. The molecule has 0 aromatic carbocycles. The van der Waals surface area contributed by atoms with Gasteiger partial charge in [0.1, 0.15) is 0 Å². The SMILES string of the molecule is Cn1cc(C(=O)Cc2cccs2)cn1. The molecule has 0 aliphatic rings. The van der Waals surface area contributed by atoms with Crippen LogP contribution in [0.3, 0.4) is 0 Å². The number of aryl methyl sites for hydroxylation is 1. The van der Waals surface area contributed by atoms with Gasteiger partial charge in [-0.15, -0.1) is 11.3 Å². The lowest BCUT2D eigenvalue weighted by atomic mass is 10.1. The van der Waals surface area contributed by atoms with E-state index in [1.165, 1.54) is 0 Å². The summed E-state index contributed by atoms with van der Waals surface area (Å²) < 4.78 is 1.64. The van der Waals surface area contributed by atoms with Crippen molar-refractivity contribution in [1.82, 2.24) is 9.78 Å². The molecular formula is C10H10N2OS. The second-order valence-electron chi connectivity index (χ2n) is 3.08. The molecule has 4 heteroatoms. The lowest BCUT2D eigenvalue weighted by molar-refractivity contribution is 0.0994. The fraction of sp³-hybridized carbons (Fsp3) is 0.200. The molecule has 0 saturated carbocycles. The van der Waals surface area contributed by atoms with Crippen LogP contribution in [-0.4, -0.2) is 15.6 Å². The molecule has 0 unspecified atom stereocenters. The molecule has 0 aliphatic carbocycles. The Morgan fingerprint density at radius 2 is 2.50 bits per heavy atom. The third-order valence-corrected chi connectivity index (χ3v) is 2.82. The number of Topliss-reactive ketones (excluding diaryl/α,β-unsaturated/α-hetero) is 1. The van der Waals surface area contributed by atoms with Gasteiger partial charge in [-0.3, -0.25) is 9.48 Å². The average molecular weight is 206 g/mol. The molecule has 2 aromatic rings. The van der Waals surface area contributed by atoms with Crippen LogP contribution in [0.15, 0.2) is 29.9 Å². The maximum absolute atomic E-state index is 11.7. The molecule has 14 heavy (non-hydrogen) atoms. The van der Waals surface area contributed by atoms with Gasteiger partial charge in [0.05, 0.1) is 11.8 Å². The Kier molecular flexibility index (Phi) is 2.45. The van der Waals surface area contributed by atoms with Crippen molar-refractivity contribution in [2.24, 2.45) is 7.05 Å². The van der Waals surface area contributed by atoms with Gasteiger partial charge in [0.15, 0.2) is 5.78 Å². The van der Waals surface area contributed by atoms with Crippen molar-refractivity contribution in [1.29, 1.82) is 0 Å². The Labute approximate surface area is 86.0 Å². The van der Waals surface area contributed by atoms with E-state index in [9.17, 15) is 4.79 Å². The van der Waals surface area contributed by atoms with Crippen LogP contribution < -0.4 is 0 Å². The van der Waals surface area contributed by atoms with Crippen LogP contribution in [0.5, 0.6) is 0 Å². The van der Waals surface area contributed by atoms with E-state index in [1.54, 1.807) is 28.4 Å². The standard InChI is InChI=1S/C10H10N2OS/c1-12-7-8(6-11-12)10(13)5-9-3-2-4-14-9/h2-4,6-7H,5H2,1H3. The number of nitrogens with zero attached hydrogens (tertiary/aromatic N) is 2. The fourth-order valence-electron chi connectivity index (χ4n) is 1.24. The number of thiophene rings is 1. The number of hydrogen-bond donors (Lipinski definition) is 0. The molecule has 0 aliphatic heterocycles. The lowest BCUT2D eigenvalue weighted by Crippen LogP contribution is -2.00. The number of hydrogen-bond acceptors (Lipinski definition) is 3. The van der Waals surface area contributed by atoms with Crippen LogP contribution in [0.25, 0.3) is 0 Å². The summed E-state index contributed by atoms with van der Waals surface area (Å²) in [4.78, 5) is 12.8. The maximum Gasteiger partial charge on any atom is 0.171 e. The number of ketones is 1. The zero-order valence-corrected chi connectivity index (χ0v) is 8.62. The van der Waals surface area contributed by atoms with Crippen molar-refractivity contribution < 1.29 is 4.79 Å². The minimum Gasteiger partial charge on any atom is -0.294 e. The largest absolute Gasteiger partial charge is 0.294 e. The van der Waals surface area contributed by atoms with Gasteiger partial charge in [-0.1, -0.05) is 6.07 Å². The lowest BCUT2D eigenvalue weighted by Gasteiger charge is -1.93. The van der Waals surface area contributed by atoms with Gasteiger partial charge in [0, 0.05) is 24.5 Å². The van der Waals surface area contributed by atoms with E-state index >= 15 is 0 Å². The van der Waals surface area contributed by atoms with Gasteiger partial charge in [-0.2, -0.15) is 5.10 Å². The predicted molar refractivity (Wildman–Crippen MR) is 55.6 cm³/mol. The molecule has 0 amide bonds. The molecule has 0 bridgehead atoms. The first-order valence-electron chi connectivity index (χ1n) is 4.30. The summed E-state index contributed by atoms with van der Waals surface area (Å²) >= 11 is 1.60. The highest BCUT2D eigenvalue weighted by Crippen LogP contribution is 2.12. The number of rotatable bonds is 3. The molecule has 2 rings (SSSR count). The third kappa shape index (κ3) is 1.90. The summed E-state index contributed by atoms with van der Waals surface area (Å²) in [7, 11) is 1.81. The first-order valence-corrected chi connectivity index (χ1v) is 5.18. The smallest absolute Gasteiger partial charge is 0.171 e. The maximum atomic E-state index is 11.7. The first-order chi connectivity index (χ1) is 6.75. The van der Waals surface area contributed by atoms with Gasteiger partial charge in [0.2, 0.25) is 0 Å². The van der Waals surface area contributed by atoms with E-state index in [2.05, 4.69) is 5.10 Å². The topological polar surface area (TPSA) is 34.9 Å². The zero-order valence-electron chi connectivity index (χ0n) is 7.80. The van der Waals surface area contributed by atoms with Crippen LogP contribution in [0.4, 0.5) is 0 Å².